The van der Waals surface area contributed by atoms with Crippen LogP contribution < -0.4 is 0 Å². The highest BCUT2D eigenvalue weighted by atomic mass is 35.5. The average Bonchev–Trinajstić information content (AvgIpc) is 2.46. The molecule has 0 nitrogen and oxygen atoms in total. The molecule has 0 bridgehead atoms. The van der Waals surface area contributed by atoms with Crippen molar-refractivity contribution in [1.29, 1.82) is 0 Å². The van der Waals surface area contributed by atoms with Gasteiger partial charge in [0.1, 0.15) is 0 Å². The molecule has 0 amide bonds. The minimum atomic E-state index is 0.188. The van der Waals surface area contributed by atoms with Crippen LogP contribution in [0.1, 0.15) is 30.4 Å². The number of hydrogen-bond acceptors (Lipinski definition) is 0. The van der Waals surface area contributed by atoms with Crippen LogP contribution in [0.15, 0.2) is 60.7 Å². The molecule has 0 aliphatic carbocycles. The molecule has 0 radical (unpaired) electrons. The molecule has 1 heteroatoms. The molecule has 0 aromatic heterocycles. The summed E-state index contributed by atoms with van der Waals surface area (Å²) < 4.78 is 0. The van der Waals surface area contributed by atoms with Gasteiger partial charge in [-0.2, -0.15) is 0 Å². The van der Waals surface area contributed by atoms with Crippen molar-refractivity contribution in [2.45, 2.75) is 31.1 Å². The third-order valence-corrected chi connectivity index (χ3v) is 3.97. The second-order valence-electron chi connectivity index (χ2n) is 4.63. The molecule has 0 heterocycles. The molecule has 2 aromatic carbocycles. The van der Waals surface area contributed by atoms with E-state index in [-0.39, 0.29) is 5.38 Å². The molecule has 0 fully saturated rings. The van der Waals surface area contributed by atoms with Gasteiger partial charge < -0.3 is 0 Å². The topological polar surface area (TPSA) is 0 Å². The van der Waals surface area contributed by atoms with Crippen LogP contribution >= 0.6 is 11.6 Å². The summed E-state index contributed by atoms with van der Waals surface area (Å²) in [4.78, 5) is 0. The highest BCUT2D eigenvalue weighted by Gasteiger charge is 2.19. The number of alkyl halides is 1. The summed E-state index contributed by atoms with van der Waals surface area (Å²) >= 11 is 6.52. The van der Waals surface area contributed by atoms with Crippen molar-refractivity contribution in [2.24, 2.45) is 0 Å². The summed E-state index contributed by atoms with van der Waals surface area (Å²) in [6.45, 7) is 2.15. The number of rotatable bonds is 5. The van der Waals surface area contributed by atoms with Gasteiger partial charge in [0.2, 0.25) is 0 Å². The Balaban J connectivity index is 2.21. The fourth-order valence-corrected chi connectivity index (χ4v) is 2.54. The van der Waals surface area contributed by atoms with Gasteiger partial charge in [0, 0.05) is 11.3 Å². The molecule has 0 saturated heterocycles. The molecule has 2 atom stereocenters. The number of benzene rings is 2. The summed E-state index contributed by atoms with van der Waals surface area (Å²) in [5.74, 6) is 0.389. The predicted octanol–water partition coefficient (Wildman–Crippen LogP) is 5.03. The predicted molar refractivity (Wildman–Crippen MR) is 79.3 cm³/mol. The standard InChI is InChI=1S/C17H19Cl/c1-2-17(18)16(15-11-7-4-8-12-15)13-14-9-5-3-6-10-14/h3-12,16-17H,2,13H2,1H3. The highest BCUT2D eigenvalue weighted by molar-refractivity contribution is 6.21. The first kappa shape index (κ1) is 13.2. The molecular weight excluding hydrogens is 240 g/mol. The maximum atomic E-state index is 6.52. The van der Waals surface area contributed by atoms with Crippen LogP contribution in [0.4, 0.5) is 0 Å². The lowest BCUT2D eigenvalue weighted by Crippen LogP contribution is -2.15. The van der Waals surface area contributed by atoms with Crippen LogP contribution in [0.25, 0.3) is 0 Å². The summed E-state index contributed by atoms with van der Waals surface area (Å²) in [6.07, 6.45) is 2.00. The Labute approximate surface area is 115 Å². The second kappa shape index (κ2) is 6.61. The van der Waals surface area contributed by atoms with Gasteiger partial charge in [-0.25, -0.2) is 0 Å². The molecule has 94 valence electrons. The molecule has 0 saturated carbocycles. The van der Waals surface area contributed by atoms with Crippen molar-refractivity contribution in [3.8, 4) is 0 Å². The first-order chi connectivity index (χ1) is 8.81. The third-order valence-electron chi connectivity index (χ3n) is 3.35. The molecule has 0 aliphatic heterocycles. The van der Waals surface area contributed by atoms with Gasteiger partial charge in [0.25, 0.3) is 0 Å². The van der Waals surface area contributed by atoms with E-state index < -0.39 is 0 Å². The van der Waals surface area contributed by atoms with Gasteiger partial charge in [0.05, 0.1) is 0 Å². The first-order valence-corrected chi connectivity index (χ1v) is 6.98. The molecular formula is C17H19Cl. The number of halogens is 1. The van der Waals surface area contributed by atoms with Crippen molar-refractivity contribution >= 4 is 11.6 Å². The summed E-state index contributed by atoms with van der Waals surface area (Å²) in [7, 11) is 0. The number of hydrogen-bond donors (Lipinski definition) is 0. The Morgan fingerprint density at radius 1 is 0.889 bits per heavy atom. The van der Waals surface area contributed by atoms with E-state index in [1.54, 1.807) is 0 Å². The molecule has 2 aromatic rings. The molecule has 0 spiro atoms. The van der Waals surface area contributed by atoms with Crippen molar-refractivity contribution in [3.63, 3.8) is 0 Å². The minimum Gasteiger partial charge on any atom is -0.122 e. The van der Waals surface area contributed by atoms with E-state index in [0.717, 1.165) is 12.8 Å². The van der Waals surface area contributed by atoms with Crippen LogP contribution in [0.3, 0.4) is 0 Å². The smallest absolute Gasteiger partial charge is 0.0405 e. The zero-order valence-corrected chi connectivity index (χ0v) is 11.5. The quantitative estimate of drug-likeness (QED) is 0.660. The van der Waals surface area contributed by atoms with E-state index in [4.69, 9.17) is 11.6 Å². The van der Waals surface area contributed by atoms with Crippen LogP contribution in [0.5, 0.6) is 0 Å². The zero-order valence-electron chi connectivity index (χ0n) is 10.7. The zero-order chi connectivity index (χ0) is 12.8. The average molecular weight is 259 g/mol. The maximum Gasteiger partial charge on any atom is 0.0405 e. The van der Waals surface area contributed by atoms with Crippen LogP contribution in [-0.4, -0.2) is 5.38 Å². The van der Waals surface area contributed by atoms with Gasteiger partial charge in [-0.15, -0.1) is 11.6 Å². The Bertz CT molecular complexity index is 450. The van der Waals surface area contributed by atoms with Crippen molar-refractivity contribution in [2.75, 3.05) is 0 Å². The van der Waals surface area contributed by atoms with Gasteiger partial charge in [-0.05, 0) is 24.0 Å². The molecule has 2 unspecified atom stereocenters. The largest absolute Gasteiger partial charge is 0.122 e. The van der Waals surface area contributed by atoms with Crippen LogP contribution in [0, 0.1) is 0 Å². The van der Waals surface area contributed by atoms with Gasteiger partial charge >= 0.3 is 0 Å². The van der Waals surface area contributed by atoms with Gasteiger partial charge in [0.15, 0.2) is 0 Å². The Morgan fingerprint density at radius 3 is 2.00 bits per heavy atom. The SMILES string of the molecule is CCC(Cl)C(Cc1ccccc1)c1ccccc1. The minimum absolute atomic E-state index is 0.188. The Morgan fingerprint density at radius 2 is 1.44 bits per heavy atom. The van der Waals surface area contributed by atoms with E-state index in [9.17, 15) is 0 Å². The molecule has 18 heavy (non-hydrogen) atoms. The molecule has 0 aliphatic rings. The van der Waals surface area contributed by atoms with E-state index in [1.807, 2.05) is 0 Å². The lowest BCUT2D eigenvalue weighted by molar-refractivity contribution is 0.619. The van der Waals surface area contributed by atoms with Crippen molar-refractivity contribution in [1.82, 2.24) is 0 Å². The lowest BCUT2D eigenvalue weighted by atomic mass is 9.88. The Kier molecular flexibility index (Phi) is 4.83. The van der Waals surface area contributed by atoms with Gasteiger partial charge in [-0.1, -0.05) is 67.6 Å². The van der Waals surface area contributed by atoms with E-state index in [0.29, 0.717) is 5.92 Å². The van der Waals surface area contributed by atoms with Crippen molar-refractivity contribution in [3.05, 3.63) is 71.8 Å². The fraction of sp³-hybridized carbons (Fsp3) is 0.294. The van der Waals surface area contributed by atoms with Crippen LogP contribution in [-0.2, 0) is 6.42 Å². The molecule has 0 N–H and O–H groups in total. The van der Waals surface area contributed by atoms with Gasteiger partial charge in [-0.3, -0.25) is 0 Å². The normalized spacial score (nSPS) is 14.1. The van der Waals surface area contributed by atoms with E-state index in [1.165, 1.54) is 11.1 Å². The lowest BCUT2D eigenvalue weighted by Gasteiger charge is -2.22. The van der Waals surface area contributed by atoms with E-state index >= 15 is 0 Å². The molecule has 2 rings (SSSR count). The first-order valence-electron chi connectivity index (χ1n) is 6.54. The summed E-state index contributed by atoms with van der Waals surface area (Å²) in [5.41, 5.74) is 2.69. The van der Waals surface area contributed by atoms with Crippen molar-refractivity contribution < 1.29 is 0 Å². The fourth-order valence-electron chi connectivity index (χ4n) is 2.31. The second-order valence-corrected chi connectivity index (χ2v) is 5.19. The maximum absolute atomic E-state index is 6.52. The van der Waals surface area contributed by atoms with E-state index in [2.05, 4.69) is 67.6 Å². The Hall–Kier alpha value is -1.27. The summed E-state index contributed by atoms with van der Waals surface area (Å²) in [6, 6.07) is 21.2. The highest BCUT2D eigenvalue weighted by Crippen LogP contribution is 2.29. The summed E-state index contributed by atoms with van der Waals surface area (Å²) in [5, 5.41) is 0.188. The monoisotopic (exact) mass is 258 g/mol. The van der Waals surface area contributed by atoms with Crippen LogP contribution in [0.2, 0.25) is 0 Å². The third kappa shape index (κ3) is 3.36.